The summed E-state index contributed by atoms with van der Waals surface area (Å²) in [4.78, 5) is 18.4. The van der Waals surface area contributed by atoms with Gasteiger partial charge in [-0.05, 0) is 6.92 Å². The number of carboxylic acids is 1. The van der Waals surface area contributed by atoms with Crippen molar-refractivity contribution in [3.63, 3.8) is 0 Å². The Hall–Kier alpha value is -2.04. The molecule has 0 saturated carbocycles. The number of hydrogen-bond donors (Lipinski definition) is 2. The van der Waals surface area contributed by atoms with Crippen molar-refractivity contribution in [1.29, 1.82) is 0 Å². The van der Waals surface area contributed by atoms with Crippen molar-refractivity contribution in [3.8, 4) is 11.4 Å². The van der Waals surface area contributed by atoms with Gasteiger partial charge in [0.1, 0.15) is 5.82 Å². The molecule has 0 aliphatic carbocycles. The van der Waals surface area contributed by atoms with E-state index in [-0.39, 0.29) is 0 Å². The molecule has 0 aromatic carbocycles. The monoisotopic (exact) mass is 217 g/mol. The zero-order valence-electron chi connectivity index (χ0n) is 8.77. The quantitative estimate of drug-likeness (QED) is 0.763. The van der Waals surface area contributed by atoms with E-state index in [2.05, 4.69) is 16.9 Å². The van der Waals surface area contributed by atoms with Gasteiger partial charge in [0.25, 0.3) is 0 Å². The number of carbonyl (C=O) groups is 1. The van der Waals surface area contributed by atoms with E-state index in [0.717, 1.165) is 23.5 Å². The predicted octanol–water partition coefficient (Wildman–Crippen LogP) is 1.69. The van der Waals surface area contributed by atoms with Crippen LogP contribution < -0.4 is 0 Å². The van der Waals surface area contributed by atoms with E-state index in [9.17, 15) is 4.79 Å². The molecular weight excluding hydrogens is 206 g/mol. The van der Waals surface area contributed by atoms with Gasteiger partial charge >= 0.3 is 5.97 Å². The average Bonchev–Trinajstić information content (AvgIpc) is 2.80. The second-order valence-corrected chi connectivity index (χ2v) is 4.07. The molecule has 5 heteroatoms. The Morgan fingerprint density at radius 2 is 2.50 bits per heavy atom. The van der Waals surface area contributed by atoms with Crippen LogP contribution >= 0.6 is 0 Å². The molecule has 0 radical (unpaired) electrons. The highest BCUT2D eigenvalue weighted by molar-refractivity contribution is 5.96. The lowest BCUT2D eigenvalue weighted by Gasteiger charge is -2.22. The fourth-order valence-corrected chi connectivity index (χ4v) is 2.31. The fourth-order valence-electron chi connectivity index (χ4n) is 2.31. The first-order chi connectivity index (χ1) is 7.68. The van der Waals surface area contributed by atoms with Crippen LogP contribution in [0.15, 0.2) is 18.6 Å². The highest BCUT2D eigenvalue weighted by Gasteiger charge is 2.28. The molecule has 2 N–H and O–H groups in total. The van der Waals surface area contributed by atoms with E-state index in [0.29, 0.717) is 11.6 Å². The number of H-pyrrole nitrogens is 1. The number of hydrogen-bond acceptors (Lipinski definition) is 2. The summed E-state index contributed by atoms with van der Waals surface area (Å²) >= 11 is 0. The van der Waals surface area contributed by atoms with E-state index in [1.54, 1.807) is 12.4 Å². The van der Waals surface area contributed by atoms with Crippen LogP contribution in [0, 0.1) is 0 Å². The molecule has 0 fully saturated rings. The van der Waals surface area contributed by atoms with Crippen molar-refractivity contribution in [2.75, 3.05) is 0 Å². The van der Waals surface area contributed by atoms with Gasteiger partial charge in [-0.3, -0.25) is 0 Å². The summed E-state index contributed by atoms with van der Waals surface area (Å²) < 4.78 is 2.02. The number of imidazole rings is 1. The van der Waals surface area contributed by atoms with E-state index < -0.39 is 5.97 Å². The number of nitrogens with one attached hydrogen (secondary N) is 1. The lowest BCUT2D eigenvalue weighted by atomic mass is 10.0. The molecular formula is C11H11N3O2. The van der Waals surface area contributed by atoms with Crippen molar-refractivity contribution in [1.82, 2.24) is 14.5 Å². The number of nitrogens with zero attached hydrogens (tertiary/aromatic N) is 2. The van der Waals surface area contributed by atoms with Gasteiger partial charge in [0.05, 0.1) is 11.1 Å². The van der Waals surface area contributed by atoms with Crippen molar-refractivity contribution in [2.24, 2.45) is 0 Å². The summed E-state index contributed by atoms with van der Waals surface area (Å²) in [5, 5.41) is 9.10. The smallest absolute Gasteiger partial charge is 0.337 e. The van der Waals surface area contributed by atoms with Crippen LogP contribution in [0.25, 0.3) is 11.4 Å². The number of aromatic nitrogens is 3. The maximum Gasteiger partial charge on any atom is 0.337 e. The molecule has 3 rings (SSSR count). The summed E-state index contributed by atoms with van der Waals surface area (Å²) in [6.45, 7) is 2.09. The molecule has 0 spiro atoms. The van der Waals surface area contributed by atoms with Crippen LogP contribution in [0.1, 0.15) is 29.0 Å². The van der Waals surface area contributed by atoms with Gasteiger partial charge in [0, 0.05) is 36.7 Å². The molecule has 1 aliphatic heterocycles. The third-order valence-electron chi connectivity index (χ3n) is 3.06. The van der Waals surface area contributed by atoms with Crippen LogP contribution in [0.4, 0.5) is 0 Å². The van der Waals surface area contributed by atoms with Gasteiger partial charge in [-0.25, -0.2) is 9.78 Å². The van der Waals surface area contributed by atoms with Gasteiger partial charge < -0.3 is 14.7 Å². The Bertz CT molecular complexity index is 568. The number of fused-ring (bicyclic) bond motifs is 3. The topological polar surface area (TPSA) is 70.9 Å². The van der Waals surface area contributed by atoms with Gasteiger partial charge in [0.15, 0.2) is 0 Å². The largest absolute Gasteiger partial charge is 0.478 e. The molecule has 16 heavy (non-hydrogen) atoms. The zero-order valence-corrected chi connectivity index (χ0v) is 8.77. The maximum atomic E-state index is 11.1. The number of aromatic amines is 1. The lowest BCUT2D eigenvalue weighted by molar-refractivity contribution is 0.0697. The van der Waals surface area contributed by atoms with Crippen molar-refractivity contribution >= 4 is 5.97 Å². The number of rotatable bonds is 1. The zero-order chi connectivity index (χ0) is 11.3. The first-order valence-electron chi connectivity index (χ1n) is 5.15. The summed E-state index contributed by atoms with van der Waals surface area (Å²) in [6, 6.07) is 0.310. The molecule has 2 aromatic rings. The van der Waals surface area contributed by atoms with E-state index in [1.807, 2.05) is 10.8 Å². The SMILES string of the molecule is C[C@@H]1Cc2[nH]cc(C(=O)O)c2-c2nccn21. The first kappa shape index (κ1) is 9.21. The summed E-state index contributed by atoms with van der Waals surface area (Å²) in [7, 11) is 0. The maximum absolute atomic E-state index is 11.1. The van der Waals surface area contributed by atoms with Crippen LogP contribution in [0.5, 0.6) is 0 Å². The second-order valence-electron chi connectivity index (χ2n) is 4.07. The highest BCUT2D eigenvalue weighted by Crippen LogP contribution is 2.35. The summed E-state index contributed by atoms with van der Waals surface area (Å²) in [5.74, 6) is -0.172. The molecule has 0 unspecified atom stereocenters. The minimum atomic E-state index is -0.915. The molecule has 1 aliphatic rings. The van der Waals surface area contributed by atoms with Crippen LogP contribution in [0.2, 0.25) is 0 Å². The third-order valence-corrected chi connectivity index (χ3v) is 3.06. The van der Waals surface area contributed by atoms with Gasteiger partial charge in [-0.2, -0.15) is 0 Å². The van der Waals surface area contributed by atoms with Gasteiger partial charge in [-0.15, -0.1) is 0 Å². The third kappa shape index (κ3) is 1.05. The minimum absolute atomic E-state index is 0.300. The summed E-state index contributed by atoms with van der Waals surface area (Å²) in [5.41, 5.74) is 1.99. The lowest BCUT2D eigenvalue weighted by Crippen LogP contribution is -2.16. The van der Waals surface area contributed by atoms with Crippen molar-refractivity contribution < 1.29 is 9.90 Å². The normalized spacial score (nSPS) is 17.9. The van der Waals surface area contributed by atoms with E-state index in [4.69, 9.17) is 5.11 Å². The van der Waals surface area contributed by atoms with Crippen LogP contribution in [-0.2, 0) is 6.42 Å². The van der Waals surface area contributed by atoms with E-state index in [1.165, 1.54) is 0 Å². The van der Waals surface area contributed by atoms with Crippen molar-refractivity contribution in [2.45, 2.75) is 19.4 Å². The van der Waals surface area contributed by atoms with E-state index >= 15 is 0 Å². The molecule has 0 bridgehead atoms. The average molecular weight is 217 g/mol. The first-order valence-corrected chi connectivity index (χ1v) is 5.15. The van der Waals surface area contributed by atoms with Gasteiger partial charge in [-0.1, -0.05) is 0 Å². The molecule has 5 nitrogen and oxygen atoms in total. The summed E-state index contributed by atoms with van der Waals surface area (Å²) in [6.07, 6.45) is 5.96. The van der Waals surface area contributed by atoms with Crippen molar-refractivity contribution in [3.05, 3.63) is 29.8 Å². The Balaban J connectivity index is 2.29. The Labute approximate surface area is 91.7 Å². The van der Waals surface area contributed by atoms with Gasteiger partial charge in [0.2, 0.25) is 0 Å². The fraction of sp³-hybridized carbons (Fsp3) is 0.273. The highest BCUT2D eigenvalue weighted by atomic mass is 16.4. The molecule has 0 saturated heterocycles. The number of carboxylic acid groups (broad SMARTS) is 1. The number of aromatic carboxylic acids is 1. The molecule has 2 aromatic heterocycles. The molecule has 0 amide bonds. The van der Waals surface area contributed by atoms with Crippen LogP contribution in [-0.4, -0.2) is 25.6 Å². The Morgan fingerprint density at radius 3 is 3.25 bits per heavy atom. The second kappa shape index (κ2) is 2.98. The molecule has 3 heterocycles. The molecule has 1 atom stereocenters. The molecule has 82 valence electrons. The Kier molecular flexibility index (Phi) is 1.71. The minimum Gasteiger partial charge on any atom is -0.478 e. The standard InChI is InChI=1S/C11H11N3O2/c1-6-4-8-9(7(5-13-8)11(15)16)10-12-2-3-14(6)10/h2-3,5-6,13H,4H2,1H3,(H,15,16)/t6-/m1/s1. The Morgan fingerprint density at radius 1 is 1.69 bits per heavy atom. The predicted molar refractivity (Wildman–Crippen MR) is 57.4 cm³/mol. The van der Waals surface area contributed by atoms with Crippen LogP contribution in [0.3, 0.4) is 0 Å².